The molecule has 0 saturated heterocycles. The fourth-order valence-electron chi connectivity index (χ4n) is 3.65. The Bertz CT molecular complexity index is 890. The second-order valence-electron chi connectivity index (χ2n) is 6.77. The molecule has 0 unspecified atom stereocenters. The van der Waals surface area contributed by atoms with Crippen LogP contribution in [-0.2, 0) is 9.59 Å². The summed E-state index contributed by atoms with van der Waals surface area (Å²) in [5.74, 6) is -0.0306. The molecule has 2 aromatic rings. The van der Waals surface area contributed by atoms with Gasteiger partial charge in [0.15, 0.2) is 0 Å². The van der Waals surface area contributed by atoms with Gasteiger partial charge in [-0.3, -0.25) is 9.59 Å². The number of aliphatic hydroxyl groups is 1. The summed E-state index contributed by atoms with van der Waals surface area (Å²) in [4.78, 5) is 24.8. The molecule has 0 bridgehead atoms. The minimum Gasteiger partial charge on any atom is -0.511 e. The van der Waals surface area contributed by atoms with Crippen LogP contribution in [0.25, 0.3) is 0 Å². The highest BCUT2D eigenvalue weighted by molar-refractivity contribution is 6.23. The third-order valence-corrected chi connectivity index (χ3v) is 4.99. The van der Waals surface area contributed by atoms with Gasteiger partial charge in [0.25, 0.3) is 11.8 Å². The Morgan fingerprint density at radius 3 is 2.48 bits per heavy atom. The molecule has 1 heterocycles. The number of hydrogen-bond acceptors (Lipinski definition) is 4. The number of carbonyl (C=O) groups is 2. The van der Waals surface area contributed by atoms with Crippen LogP contribution in [0.4, 0.5) is 5.69 Å². The molecular weight excluding hydrogens is 344 g/mol. The Balaban J connectivity index is 1.46. The molecule has 2 amide bonds. The molecule has 1 fully saturated rings. The van der Waals surface area contributed by atoms with Crippen molar-refractivity contribution in [3.05, 3.63) is 65.9 Å². The Hall–Kier alpha value is -3.28. The van der Waals surface area contributed by atoms with E-state index in [2.05, 4.69) is 10.6 Å². The van der Waals surface area contributed by atoms with Crippen molar-refractivity contribution in [3.8, 4) is 11.5 Å². The van der Waals surface area contributed by atoms with E-state index in [9.17, 15) is 14.7 Å². The number of nitrogens with one attached hydrogen (secondary N) is 2. The molecule has 6 heteroatoms. The topological polar surface area (TPSA) is 87.7 Å². The van der Waals surface area contributed by atoms with Gasteiger partial charge >= 0.3 is 0 Å². The molecule has 0 spiro atoms. The Morgan fingerprint density at radius 2 is 1.74 bits per heavy atom. The van der Waals surface area contributed by atoms with E-state index in [0.717, 1.165) is 19.3 Å². The summed E-state index contributed by atoms with van der Waals surface area (Å²) in [5, 5.41) is 15.9. The smallest absolute Gasteiger partial charge is 0.264 e. The zero-order valence-corrected chi connectivity index (χ0v) is 14.6. The van der Waals surface area contributed by atoms with Crippen molar-refractivity contribution in [2.75, 3.05) is 5.32 Å². The first-order chi connectivity index (χ1) is 13.1. The largest absolute Gasteiger partial charge is 0.511 e. The van der Waals surface area contributed by atoms with Crippen LogP contribution in [0.2, 0.25) is 0 Å². The van der Waals surface area contributed by atoms with Crippen molar-refractivity contribution in [3.63, 3.8) is 0 Å². The molecule has 27 heavy (non-hydrogen) atoms. The summed E-state index contributed by atoms with van der Waals surface area (Å²) in [6.07, 6.45) is 2.54. The Kier molecular flexibility index (Phi) is 4.54. The van der Waals surface area contributed by atoms with Crippen molar-refractivity contribution in [2.45, 2.75) is 25.3 Å². The minimum absolute atomic E-state index is 0.0662. The lowest BCUT2D eigenvalue weighted by atomic mass is 9.92. The molecule has 0 aromatic heterocycles. The van der Waals surface area contributed by atoms with E-state index in [4.69, 9.17) is 4.74 Å². The molecule has 1 saturated carbocycles. The molecule has 3 N–H and O–H groups in total. The molecule has 4 rings (SSSR count). The molecule has 1 aliphatic heterocycles. The third-order valence-electron chi connectivity index (χ3n) is 4.99. The highest BCUT2D eigenvalue weighted by Crippen LogP contribution is 2.35. The standard InChI is InChI=1S/C21H20N2O4/c24-19-16-7-4-8-17(16)23-21(26)18(19)20(25)22-13-9-11-15(12-10-13)27-14-5-2-1-3-6-14/h1-3,5-6,9-12,16-17,24H,4,7-8H2,(H,22,25)(H,23,26)/t16-,17+/m1/s1. The quantitative estimate of drug-likeness (QED) is 0.724. The normalized spacial score (nSPS) is 21.4. The van der Waals surface area contributed by atoms with Gasteiger partial charge in [-0.05, 0) is 49.2 Å². The fraction of sp³-hybridized carbons (Fsp3) is 0.238. The number of hydrogen-bond donors (Lipinski definition) is 3. The number of aliphatic hydroxyl groups excluding tert-OH is 1. The van der Waals surface area contributed by atoms with Crippen molar-refractivity contribution < 1.29 is 19.4 Å². The summed E-state index contributed by atoms with van der Waals surface area (Å²) in [7, 11) is 0. The molecule has 0 radical (unpaired) electrons. The first-order valence-electron chi connectivity index (χ1n) is 9.00. The highest BCUT2D eigenvalue weighted by atomic mass is 16.5. The summed E-state index contributed by atoms with van der Waals surface area (Å²) < 4.78 is 5.71. The average molecular weight is 364 g/mol. The Morgan fingerprint density at radius 1 is 1.04 bits per heavy atom. The lowest BCUT2D eigenvalue weighted by molar-refractivity contribution is -0.123. The number of amides is 2. The molecule has 2 aliphatic rings. The van der Waals surface area contributed by atoms with Gasteiger partial charge in [-0.1, -0.05) is 24.6 Å². The van der Waals surface area contributed by atoms with Crippen molar-refractivity contribution in [1.82, 2.24) is 5.32 Å². The van der Waals surface area contributed by atoms with Crippen LogP contribution in [0.5, 0.6) is 11.5 Å². The van der Waals surface area contributed by atoms with Crippen LogP contribution in [0.3, 0.4) is 0 Å². The van der Waals surface area contributed by atoms with Crippen molar-refractivity contribution in [1.29, 1.82) is 0 Å². The van der Waals surface area contributed by atoms with E-state index in [0.29, 0.717) is 17.2 Å². The summed E-state index contributed by atoms with van der Waals surface area (Å²) in [5.41, 5.74) is 0.324. The zero-order valence-electron chi connectivity index (χ0n) is 14.6. The Labute approximate surface area is 156 Å². The number of benzene rings is 2. The van der Waals surface area contributed by atoms with E-state index < -0.39 is 11.8 Å². The monoisotopic (exact) mass is 364 g/mol. The number of fused-ring (bicyclic) bond motifs is 1. The molecule has 2 atom stereocenters. The average Bonchev–Trinajstić information content (AvgIpc) is 3.13. The van der Waals surface area contributed by atoms with Crippen LogP contribution in [0, 0.1) is 5.92 Å². The molecule has 2 aromatic carbocycles. The SMILES string of the molecule is O=C(Nc1ccc(Oc2ccccc2)cc1)C1=C(O)[C@@H]2CCC[C@@H]2NC1=O. The highest BCUT2D eigenvalue weighted by Gasteiger charge is 2.41. The number of para-hydroxylation sites is 1. The zero-order chi connectivity index (χ0) is 18.8. The van der Waals surface area contributed by atoms with Crippen LogP contribution in [0.15, 0.2) is 65.9 Å². The maximum atomic E-state index is 12.5. The van der Waals surface area contributed by atoms with E-state index in [1.807, 2.05) is 30.3 Å². The predicted octanol–water partition coefficient (Wildman–Crippen LogP) is 3.53. The third kappa shape index (κ3) is 3.51. The number of ether oxygens (including phenoxy) is 1. The van der Waals surface area contributed by atoms with Gasteiger partial charge in [-0.25, -0.2) is 0 Å². The van der Waals surface area contributed by atoms with Crippen molar-refractivity contribution >= 4 is 17.5 Å². The van der Waals surface area contributed by atoms with Crippen LogP contribution >= 0.6 is 0 Å². The lowest BCUT2D eigenvalue weighted by Crippen LogP contribution is -2.46. The summed E-state index contributed by atoms with van der Waals surface area (Å²) >= 11 is 0. The van der Waals surface area contributed by atoms with Gasteiger partial charge in [-0.2, -0.15) is 0 Å². The van der Waals surface area contributed by atoms with Gasteiger partial charge in [0.2, 0.25) is 0 Å². The number of anilines is 1. The van der Waals surface area contributed by atoms with E-state index in [1.54, 1.807) is 24.3 Å². The predicted molar refractivity (Wildman–Crippen MR) is 101 cm³/mol. The first kappa shape index (κ1) is 17.1. The molecular formula is C21H20N2O4. The van der Waals surface area contributed by atoms with Gasteiger partial charge in [0.05, 0.1) is 0 Å². The number of carbonyl (C=O) groups excluding carboxylic acids is 2. The summed E-state index contributed by atoms with van der Waals surface area (Å²) in [6.45, 7) is 0. The van der Waals surface area contributed by atoms with Gasteiger partial charge in [0, 0.05) is 17.6 Å². The van der Waals surface area contributed by atoms with Gasteiger partial charge < -0.3 is 20.5 Å². The molecule has 138 valence electrons. The number of rotatable bonds is 4. The second kappa shape index (κ2) is 7.15. The van der Waals surface area contributed by atoms with Crippen LogP contribution in [0.1, 0.15) is 19.3 Å². The van der Waals surface area contributed by atoms with Crippen molar-refractivity contribution in [2.24, 2.45) is 5.92 Å². The molecule has 1 aliphatic carbocycles. The minimum atomic E-state index is -0.605. The van der Waals surface area contributed by atoms with E-state index in [-0.39, 0.29) is 23.3 Å². The molecule has 6 nitrogen and oxygen atoms in total. The van der Waals surface area contributed by atoms with Crippen LogP contribution in [-0.4, -0.2) is 23.0 Å². The maximum absolute atomic E-state index is 12.5. The lowest BCUT2D eigenvalue weighted by Gasteiger charge is -2.27. The fourth-order valence-corrected chi connectivity index (χ4v) is 3.65. The second-order valence-corrected chi connectivity index (χ2v) is 6.77. The van der Waals surface area contributed by atoms with E-state index >= 15 is 0 Å². The van der Waals surface area contributed by atoms with E-state index in [1.165, 1.54) is 0 Å². The summed E-state index contributed by atoms with van der Waals surface area (Å²) in [6, 6.07) is 16.1. The van der Waals surface area contributed by atoms with Crippen LogP contribution < -0.4 is 15.4 Å². The first-order valence-corrected chi connectivity index (χ1v) is 9.00. The maximum Gasteiger partial charge on any atom is 0.264 e. The van der Waals surface area contributed by atoms with Gasteiger partial charge in [-0.15, -0.1) is 0 Å². The van der Waals surface area contributed by atoms with Gasteiger partial charge in [0.1, 0.15) is 22.8 Å².